The average molecular weight is 332 g/mol. The number of likely N-dealkylation sites (tertiary alicyclic amines) is 1. The molecule has 5 atom stereocenters. The van der Waals surface area contributed by atoms with Crippen molar-refractivity contribution in [3.8, 4) is 0 Å². The Morgan fingerprint density at radius 3 is 2.42 bits per heavy atom. The van der Waals surface area contributed by atoms with Crippen LogP contribution >= 0.6 is 0 Å². The van der Waals surface area contributed by atoms with E-state index in [1.165, 1.54) is 17.0 Å². The predicted octanol–water partition coefficient (Wildman–Crippen LogP) is 0.587. The van der Waals surface area contributed by atoms with Gasteiger partial charge in [-0.1, -0.05) is 12.1 Å². The summed E-state index contributed by atoms with van der Waals surface area (Å²) in [5.74, 6) is -2.75. The van der Waals surface area contributed by atoms with E-state index >= 15 is 0 Å². The van der Waals surface area contributed by atoms with E-state index in [0.717, 1.165) is 6.42 Å². The van der Waals surface area contributed by atoms with Gasteiger partial charge in [-0.25, -0.2) is 4.39 Å². The highest BCUT2D eigenvalue weighted by Gasteiger charge is 2.58. The Labute approximate surface area is 137 Å². The number of piperidine rings is 1. The van der Waals surface area contributed by atoms with Gasteiger partial charge in [0.1, 0.15) is 11.9 Å². The van der Waals surface area contributed by atoms with Crippen LogP contribution in [0.2, 0.25) is 0 Å². The van der Waals surface area contributed by atoms with Crippen molar-refractivity contribution < 1.29 is 23.9 Å². The van der Waals surface area contributed by atoms with Crippen molar-refractivity contribution in [3.05, 3.63) is 35.6 Å². The Morgan fingerprint density at radius 2 is 1.88 bits per heavy atom. The van der Waals surface area contributed by atoms with Gasteiger partial charge in [-0.15, -0.1) is 0 Å². The minimum Gasteiger partial charge on any atom is -0.481 e. The second-order valence-corrected chi connectivity index (χ2v) is 6.84. The number of carbonyl (C=O) groups is 3. The lowest BCUT2D eigenvalue weighted by Gasteiger charge is -2.21. The quantitative estimate of drug-likeness (QED) is 0.848. The molecule has 0 aromatic heterocycles. The molecule has 2 saturated heterocycles. The zero-order valence-corrected chi connectivity index (χ0v) is 12.8. The molecular weight excluding hydrogens is 315 g/mol. The second kappa shape index (κ2) is 5.29. The van der Waals surface area contributed by atoms with Gasteiger partial charge in [-0.2, -0.15) is 0 Å². The predicted molar refractivity (Wildman–Crippen MR) is 80.4 cm³/mol. The Kier molecular flexibility index (Phi) is 3.33. The fraction of sp³-hybridized carbons (Fsp3) is 0.471. The van der Waals surface area contributed by atoms with E-state index in [2.05, 4.69) is 5.32 Å². The number of benzene rings is 1. The van der Waals surface area contributed by atoms with Crippen LogP contribution in [-0.4, -0.2) is 46.9 Å². The lowest BCUT2D eigenvalue weighted by molar-refractivity contribution is -0.142. The highest BCUT2D eigenvalue weighted by atomic mass is 19.1. The number of amides is 2. The zero-order valence-electron chi connectivity index (χ0n) is 12.8. The third kappa shape index (κ3) is 2.35. The third-order valence-electron chi connectivity index (χ3n) is 5.42. The lowest BCUT2D eigenvalue weighted by Crippen LogP contribution is -2.46. The number of carbonyl (C=O) groups excluding carboxylic acids is 2. The molecule has 3 aliphatic rings. The van der Waals surface area contributed by atoms with Gasteiger partial charge in [0.15, 0.2) is 0 Å². The largest absolute Gasteiger partial charge is 0.481 e. The van der Waals surface area contributed by atoms with E-state index in [0.29, 0.717) is 5.56 Å². The summed E-state index contributed by atoms with van der Waals surface area (Å²) in [5.41, 5.74) is 0.707. The Bertz CT molecular complexity index is 720. The smallest absolute Gasteiger partial charge is 0.308 e. The van der Waals surface area contributed by atoms with Gasteiger partial charge in [-0.3, -0.25) is 14.4 Å². The molecule has 0 spiro atoms. The van der Waals surface area contributed by atoms with Gasteiger partial charge >= 0.3 is 5.97 Å². The highest BCUT2D eigenvalue weighted by molar-refractivity contribution is 5.95. The summed E-state index contributed by atoms with van der Waals surface area (Å²) in [4.78, 5) is 37.4. The van der Waals surface area contributed by atoms with E-state index in [4.69, 9.17) is 0 Å². The molecule has 1 aromatic carbocycles. The van der Waals surface area contributed by atoms with Crippen LogP contribution in [0, 0.1) is 23.6 Å². The molecule has 3 fully saturated rings. The van der Waals surface area contributed by atoms with Gasteiger partial charge < -0.3 is 15.3 Å². The van der Waals surface area contributed by atoms with E-state index in [9.17, 15) is 23.9 Å². The van der Waals surface area contributed by atoms with Crippen molar-refractivity contribution in [1.29, 1.82) is 0 Å². The van der Waals surface area contributed by atoms with Gasteiger partial charge in [0.25, 0.3) is 0 Å². The SMILES string of the molecule is O=C1N[C@@H](C(=O)N2C[C@@H](C(=O)O)[C@H](c3ccc(F)cc3)C2)[C@H]2C[C@@H]12. The first-order valence-electron chi connectivity index (χ1n) is 8.03. The summed E-state index contributed by atoms with van der Waals surface area (Å²) in [6.45, 7) is 0.380. The van der Waals surface area contributed by atoms with Crippen LogP contribution in [0.15, 0.2) is 24.3 Å². The number of fused-ring (bicyclic) bond motifs is 1. The maximum Gasteiger partial charge on any atom is 0.308 e. The van der Waals surface area contributed by atoms with E-state index in [1.54, 1.807) is 12.1 Å². The summed E-state index contributed by atoms with van der Waals surface area (Å²) in [7, 11) is 0. The Balaban J connectivity index is 1.54. The topological polar surface area (TPSA) is 86.7 Å². The van der Waals surface area contributed by atoms with Crippen LogP contribution in [-0.2, 0) is 14.4 Å². The van der Waals surface area contributed by atoms with Crippen molar-refractivity contribution in [2.24, 2.45) is 17.8 Å². The number of carboxylic acids is 1. The number of halogens is 1. The number of hydrogen-bond donors (Lipinski definition) is 2. The molecule has 1 aliphatic carbocycles. The van der Waals surface area contributed by atoms with Gasteiger partial charge in [0.05, 0.1) is 5.92 Å². The van der Waals surface area contributed by atoms with Crippen LogP contribution in [0.4, 0.5) is 4.39 Å². The summed E-state index contributed by atoms with van der Waals surface area (Å²) in [6, 6.07) is 5.20. The number of carboxylic acid groups (broad SMARTS) is 1. The summed E-state index contributed by atoms with van der Waals surface area (Å²) < 4.78 is 13.1. The van der Waals surface area contributed by atoms with E-state index in [1.807, 2.05) is 0 Å². The molecule has 1 saturated carbocycles. The molecule has 0 bridgehead atoms. The molecule has 0 unspecified atom stereocenters. The highest BCUT2D eigenvalue weighted by Crippen LogP contribution is 2.47. The monoisotopic (exact) mass is 332 g/mol. The van der Waals surface area contributed by atoms with Gasteiger partial charge in [0.2, 0.25) is 11.8 Å². The zero-order chi connectivity index (χ0) is 17.0. The number of nitrogens with zero attached hydrogens (tertiary/aromatic N) is 1. The molecule has 1 aromatic rings. The van der Waals surface area contributed by atoms with Crippen LogP contribution in [0.5, 0.6) is 0 Å². The number of aliphatic carboxylic acids is 1. The molecule has 0 radical (unpaired) electrons. The molecular formula is C17H17FN2O4. The van der Waals surface area contributed by atoms with Crippen LogP contribution in [0.1, 0.15) is 17.9 Å². The van der Waals surface area contributed by atoms with Crippen molar-refractivity contribution in [2.45, 2.75) is 18.4 Å². The first-order chi connectivity index (χ1) is 11.5. The third-order valence-corrected chi connectivity index (χ3v) is 5.42. The second-order valence-electron chi connectivity index (χ2n) is 6.84. The fourth-order valence-electron chi connectivity index (χ4n) is 3.98. The summed E-state index contributed by atoms with van der Waals surface area (Å²) in [5, 5.41) is 12.2. The first-order valence-corrected chi connectivity index (χ1v) is 8.03. The fourth-order valence-corrected chi connectivity index (χ4v) is 3.98. The molecule has 2 heterocycles. The number of rotatable bonds is 3. The number of nitrogens with one attached hydrogen (secondary N) is 1. The van der Waals surface area contributed by atoms with Crippen LogP contribution in [0.25, 0.3) is 0 Å². The molecule has 24 heavy (non-hydrogen) atoms. The molecule has 2 N–H and O–H groups in total. The minimum atomic E-state index is -0.973. The Morgan fingerprint density at radius 1 is 1.17 bits per heavy atom. The van der Waals surface area contributed by atoms with Crippen molar-refractivity contribution in [2.75, 3.05) is 13.1 Å². The standard InChI is InChI=1S/C17H17FN2O4/c18-9-3-1-8(2-4-9)12-6-20(7-13(12)17(23)24)16(22)14-10-5-11(10)15(21)19-14/h1-4,10-14H,5-7H2,(H,19,21)(H,23,24)/t10-,11+,12-,13+,14+/m0/s1. The van der Waals surface area contributed by atoms with Gasteiger partial charge in [-0.05, 0) is 24.1 Å². The molecule has 2 aliphatic heterocycles. The maximum absolute atomic E-state index is 13.1. The Hall–Kier alpha value is -2.44. The van der Waals surface area contributed by atoms with E-state index < -0.39 is 17.9 Å². The molecule has 126 valence electrons. The average Bonchev–Trinajstić information content (AvgIpc) is 3.11. The summed E-state index contributed by atoms with van der Waals surface area (Å²) in [6.07, 6.45) is 0.736. The molecule has 2 amide bonds. The van der Waals surface area contributed by atoms with Crippen molar-refractivity contribution >= 4 is 17.8 Å². The van der Waals surface area contributed by atoms with Crippen LogP contribution < -0.4 is 5.32 Å². The van der Waals surface area contributed by atoms with Crippen LogP contribution in [0.3, 0.4) is 0 Å². The van der Waals surface area contributed by atoms with Crippen molar-refractivity contribution in [3.63, 3.8) is 0 Å². The maximum atomic E-state index is 13.1. The molecule has 4 rings (SSSR count). The van der Waals surface area contributed by atoms with Gasteiger partial charge in [0, 0.05) is 30.8 Å². The normalized spacial score (nSPS) is 34.0. The first kappa shape index (κ1) is 15.1. The molecule has 7 heteroatoms. The minimum absolute atomic E-state index is 0.0512. The van der Waals surface area contributed by atoms with Crippen molar-refractivity contribution in [1.82, 2.24) is 10.2 Å². The van der Waals surface area contributed by atoms with E-state index in [-0.39, 0.29) is 48.5 Å². The lowest BCUT2D eigenvalue weighted by atomic mass is 9.89. The molecule has 6 nitrogen and oxygen atoms in total. The summed E-state index contributed by atoms with van der Waals surface area (Å²) >= 11 is 0. The number of hydrogen-bond acceptors (Lipinski definition) is 3.